The van der Waals surface area contributed by atoms with Crippen molar-refractivity contribution in [2.45, 2.75) is 32.9 Å². The van der Waals surface area contributed by atoms with Crippen molar-refractivity contribution in [3.63, 3.8) is 0 Å². The Morgan fingerprint density at radius 3 is 2.48 bits per heavy atom. The molecular formula is C14H20F3N3O. The van der Waals surface area contributed by atoms with Gasteiger partial charge in [0.05, 0.1) is 5.56 Å². The summed E-state index contributed by atoms with van der Waals surface area (Å²) >= 11 is 0. The van der Waals surface area contributed by atoms with Gasteiger partial charge >= 0.3 is 6.18 Å². The van der Waals surface area contributed by atoms with Crippen molar-refractivity contribution in [2.75, 3.05) is 18.0 Å². The second-order valence-corrected chi connectivity index (χ2v) is 4.65. The molecule has 118 valence electrons. The van der Waals surface area contributed by atoms with Gasteiger partial charge in [-0.3, -0.25) is 0 Å². The van der Waals surface area contributed by atoms with E-state index in [2.05, 4.69) is 5.16 Å². The molecule has 21 heavy (non-hydrogen) atoms. The van der Waals surface area contributed by atoms with Crippen LogP contribution in [0.15, 0.2) is 23.4 Å². The molecule has 7 heteroatoms. The fourth-order valence-corrected chi connectivity index (χ4v) is 2.06. The quantitative estimate of drug-likeness (QED) is 0.366. The third kappa shape index (κ3) is 4.27. The topological polar surface area (TPSA) is 61.8 Å². The Hall–Kier alpha value is -1.92. The summed E-state index contributed by atoms with van der Waals surface area (Å²) < 4.78 is 39.4. The van der Waals surface area contributed by atoms with Gasteiger partial charge in [-0.25, -0.2) is 0 Å². The Balaban J connectivity index is 3.27. The first-order valence-corrected chi connectivity index (χ1v) is 6.79. The van der Waals surface area contributed by atoms with Crippen molar-refractivity contribution < 1.29 is 18.4 Å². The Labute approximate surface area is 122 Å². The van der Waals surface area contributed by atoms with E-state index in [-0.39, 0.29) is 5.56 Å². The van der Waals surface area contributed by atoms with Crippen molar-refractivity contribution in [3.05, 3.63) is 29.3 Å². The first-order chi connectivity index (χ1) is 9.85. The van der Waals surface area contributed by atoms with Crippen molar-refractivity contribution in [3.8, 4) is 0 Å². The van der Waals surface area contributed by atoms with Crippen LogP contribution in [0, 0.1) is 0 Å². The van der Waals surface area contributed by atoms with Crippen molar-refractivity contribution in [2.24, 2.45) is 10.9 Å². The average molecular weight is 303 g/mol. The lowest BCUT2D eigenvalue weighted by atomic mass is 10.0. The third-order valence-corrected chi connectivity index (χ3v) is 3.22. The molecule has 0 bridgehead atoms. The molecule has 0 saturated carbocycles. The minimum atomic E-state index is -4.56. The van der Waals surface area contributed by atoms with Gasteiger partial charge in [0, 0.05) is 24.3 Å². The molecule has 0 saturated heterocycles. The molecular weight excluding hydrogens is 283 g/mol. The molecule has 0 aliphatic carbocycles. The van der Waals surface area contributed by atoms with Crippen LogP contribution in [0.1, 0.15) is 37.8 Å². The van der Waals surface area contributed by atoms with Gasteiger partial charge in [0.15, 0.2) is 5.84 Å². The Morgan fingerprint density at radius 2 is 2.00 bits per heavy atom. The number of unbranched alkanes of at least 4 members (excludes halogenated alkanes) is 1. The molecule has 0 fully saturated rings. The van der Waals surface area contributed by atoms with E-state index >= 15 is 0 Å². The summed E-state index contributed by atoms with van der Waals surface area (Å²) in [6, 6.07) is 3.84. The minimum absolute atomic E-state index is 0.319. The van der Waals surface area contributed by atoms with Crippen LogP contribution in [-0.4, -0.2) is 24.1 Å². The predicted octanol–water partition coefficient (Wildman–Crippen LogP) is 3.43. The Morgan fingerprint density at radius 1 is 1.33 bits per heavy atom. The highest BCUT2D eigenvalue weighted by molar-refractivity contribution is 5.99. The highest BCUT2D eigenvalue weighted by Crippen LogP contribution is 2.34. The molecule has 0 heterocycles. The number of benzene rings is 1. The summed E-state index contributed by atoms with van der Waals surface area (Å²) in [5.74, 6) is -0.550. The predicted molar refractivity (Wildman–Crippen MR) is 76.7 cm³/mol. The zero-order valence-electron chi connectivity index (χ0n) is 12.1. The fraction of sp³-hybridized carbons (Fsp3) is 0.500. The van der Waals surface area contributed by atoms with Gasteiger partial charge in [-0.2, -0.15) is 13.2 Å². The van der Waals surface area contributed by atoms with E-state index in [9.17, 15) is 13.2 Å². The maximum atomic E-state index is 13.1. The van der Waals surface area contributed by atoms with E-state index in [0.29, 0.717) is 18.8 Å². The molecule has 0 aliphatic heterocycles. The third-order valence-electron chi connectivity index (χ3n) is 3.22. The number of oxime groups is 1. The summed E-state index contributed by atoms with van der Waals surface area (Å²) in [6.07, 6.45) is -2.70. The summed E-state index contributed by atoms with van der Waals surface area (Å²) in [7, 11) is 0. The summed E-state index contributed by atoms with van der Waals surface area (Å²) in [4.78, 5) is 1.87. The average Bonchev–Trinajstić information content (AvgIpc) is 2.46. The molecule has 1 aromatic rings. The molecule has 1 rings (SSSR count). The van der Waals surface area contributed by atoms with Crippen LogP contribution in [0.3, 0.4) is 0 Å². The lowest BCUT2D eigenvalue weighted by Crippen LogP contribution is -2.25. The van der Waals surface area contributed by atoms with Crippen LogP contribution in [0.4, 0.5) is 18.9 Å². The van der Waals surface area contributed by atoms with Crippen molar-refractivity contribution >= 4 is 11.5 Å². The number of nitrogens with zero attached hydrogens (tertiary/aromatic N) is 2. The van der Waals surface area contributed by atoms with Gasteiger partial charge in [0.2, 0.25) is 0 Å². The van der Waals surface area contributed by atoms with Gasteiger partial charge in [0.1, 0.15) is 0 Å². The van der Waals surface area contributed by atoms with E-state index in [1.54, 1.807) is 6.07 Å². The molecule has 0 atom stereocenters. The monoisotopic (exact) mass is 303 g/mol. The molecule has 0 radical (unpaired) electrons. The maximum Gasteiger partial charge on any atom is 0.417 e. The van der Waals surface area contributed by atoms with E-state index in [0.717, 1.165) is 18.9 Å². The maximum absolute atomic E-state index is 13.1. The zero-order valence-corrected chi connectivity index (χ0v) is 12.1. The molecule has 3 N–H and O–H groups in total. The standard InChI is InChI=1S/C14H20F3N3O/c1-3-5-8-20(4-2)10-6-7-11(13(18)19-21)12(9-10)14(15,16)17/h6-7,9,21H,3-5,8H2,1-2H3,(H2,18,19). The number of nitrogens with two attached hydrogens (primary N) is 1. The number of amidine groups is 1. The lowest BCUT2D eigenvalue weighted by molar-refractivity contribution is -0.137. The van der Waals surface area contributed by atoms with Gasteiger partial charge < -0.3 is 15.8 Å². The number of anilines is 1. The van der Waals surface area contributed by atoms with Crippen LogP contribution >= 0.6 is 0 Å². The molecule has 1 aromatic carbocycles. The van der Waals surface area contributed by atoms with Crippen molar-refractivity contribution in [1.82, 2.24) is 0 Å². The SMILES string of the molecule is CCCCN(CC)c1ccc(/C(N)=N/O)c(C(F)(F)F)c1. The van der Waals surface area contributed by atoms with Crippen LogP contribution in [-0.2, 0) is 6.18 Å². The second kappa shape index (κ2) is 7.19. The van der Waals surface area contributed by atoms with Gasteiger partial charge in [-0.15, -0.1) is 0 Å². The zero-order chi connectivity index (χ0) is 16.0. The summed E-state index contributed by atoms with van der Waals surface area (Å²) in [5.41, 5.74) is 4.58. The largest absolute Gasteiger partial charge is 0.417 e. The highest BCUT2D eigenvalue weighted by Gasteiger charge is 2.35. The first kappa shape index (κ1) is 17.1. The van der Waals surface area contributed by atoms with E-state index < -0.39 is 17.6 Å². The number of halogens is 3. The lowest BCUT2D eigenvalue weighted by Gasteiger charge is -2.24. The van der Waals surface area contributed by atoms with Crippen molar-refractivity contribution in [1.29, 1.82) is 0 Å². The molecule has 0 amide bonds. The summed E-state index contributed by atoms with van der Waals surface area (Å²) in [5, 5.41) is 11.3. The van der Waals surface area contributed by atoms with Crippen LogP contribution in [0.2, 0.25) is 0 Å². The van der Waals surface area contributed by atoms with Gasteiger partial charge in [-0.1, -0.05) is 18.5 Å². The molecule has 4 nitrogen and oxygen atoms in total. The molecule has 0 aromatic heterocycles. The highest BCUT2D eigenvalue weighted by atomic mass is 19.4. The summed E-state index contributed by atoms with van der Waals surface area (Å²) in [6.45, 7) is 5.21. The van der Waals surface area contributed by atoms with Crippen LogP contribution in [0.25, 0.3) is 0 Å². The first-order valence-electron chi connectivity index (χ1n) is 6.79. The van der Waals surface area contributed by atoms with Crippen LogP contribution in [0.5, 0.6) is 0 Å². The number of hydrogen-bond donors (Lipinski definition) is 2. The molecule has 0 aliphatic rings. The Bertz CT molecular complexity index is 501. The number of rotatable bonds is 6. The molecule has 0 unspecified atom stereocenters. The minimum Gasteiger partial charge on any atom is -0.409 e. The second-order valence-electron chi connectivity index (χ2n) is 4.65. The van der Waals surface area contributed by atoms with E-state index in [4.69, 9.17) is 10.9 Å². The number of hydrogen-bond acceptors (Lipinski definition) is 3. The normalized spacial score (nSPS) is 12.5. The fourth-order valence-electron chi connectivity index (χ4n) is 2.06. The Kier molecular flexibility index (Phi) is 5.87. The number of alkyl halides is 3. The van der Waals surface area contributed by atoms with E-state index in [1.807, 2.05) is 18.7 Å². The van der Waals surface area contributed by atoms with Gasteiger partial charge in [0.25, 0.3) is 0 Å². The van der Waals surface area contributed by atoms with Gasteiger partial charge in [-0.05, 0) is 31.5 Å². The molecule has 0 spiro atoms. The van der Waals surface area contributed by atoms with E-state index in [1.165, 1.54) is 6.07 Å². The van der Waals surface area contributed by atoms with Crippen LogP contribution < -0.4 is 10.6 Å². The smallest absolute Gasteiger partial charge is 0.409 e.